The first-order valence-corrected chi connectivity index (χ1v) is 9.74. The highest BCUT2D eigenvalue weighted by Gasteiger charge is 2.18. The minimum atomic E-state index is -0.425. The molecule has 2 aromatic carbocycles. The monoisotopic (exact) mass is 412 g/mol. The number of pyridine rings is 1. The first-order chi connectivity index (χ1) is 14.8. The van der Waals surface area contributed by atoms with Crippen LogP contribution in [-0.4, -0.2) is 25.5 Å². The average molecular weight is 412 g/mol. The van der Waals surface area contributed by atoms with Crippen LogP contribution in [0.4, 0.5) is 5.69 Å². The van der Waals surface area contributed by atoms with E-state index in [9.17, 15) is 14.9 Å². The molecule has 0 atom stereocenters. The molecule has 4 aromatic rings. The maximum atomic E-state index is 11.8. The van der Waals surface area contributed by atoms with E-state index in [2.05, 4.69) is 4.98 Å². The molecular formula is C24H20N4O3. The van der Waals surface area contributed by atoms with E-state index in [-0.39, 0.29) is 11.5 Å². The van der Waals surface area contributed by atoms with Gasteiger partial charge in [-0.25, -0.2) is 4.68 Å². The van der Waals surface area contributed by atoms with Crippen LogP contribution in [0.5, 0.6) is 0 Å². The number of benzene rings is 2. The van der Waals surface area contributed by atoms with Crippen molar-refractivity contribution >= 4 is 11.5 Å². The Balaban J connectivity index is 1.88. The van der Waals surface area contributed by atoms with Crippen LogP contribution in [0.25, 0.3) is 28.2 Å². The van der Waals surface area contributed by atoms with E-state index < -0.39 is 4.92 Å². The van der Waals surface area contributed by atoms with Gasteiger partial charge in [-0.15, -0.1) is 0 Å². The third kappa shape index (κ3) is 3.98. The first kappa shape index (κ1) is 20.2. The summed E-state index contributed by atoms with van der Waals surface area (Å²) in [5.74, 6) is -0.0441. The summed E-state index contributed by atoms with van der Waals surface area (Å²) in [7, 11) is 0. The average Bonchev–Trinajstić information content (AvgIpc) is 3.19. The Morgan fingerprint density at radius 1 is 0.968 bits per heavy atom. The number of hydrogen-bond donors (Lipinski definition) is 0. The molecule has 7 heteroatoms. The molecule has 2 heterocycles. The van der Waals surface area contributed by atoms with Crippen molar-refractivity contribution < 1.29 is 9.72 Å². The second-order valence-corrected chi connectivity index (χ2v) is 7.36. The Bertz CT molecular complexity index is 1290. The van der Waals surface area contributed by atoms with E-state index in [1.165, 1.54) is 19.1 Å². The number of rotatable bonds is 5. The topological polar surface area (TPSA) is 90.9 Å². The minimum absolute atomic E-state index is 0.0241. The van der Waals surface area contributed by atoms with Crippen LogP contribution in [0, 0.1) is 24.0 Å². The van der Waals surface area contributed by atoms with E-state index in [1.54, 1.807) is 35.9 Å². The second-order valence-electron chi connectivity index (χ2n) is 7.36. The van der Waals surface area contributed by atoms with Gasteiger partial charge < -0.3 is 0 Å². The lowest BCUT2D eigenvalue weighted by Crippen LogP contribution is -2.00. The van der Waals surface area contributed by atoms with Crippen LogP contribution < -0.4 is 0 Å². The molecule has 0 aliphatic heterocycles. The van der Waals surface area contributed by atoms with Gasteiger partial charge in [0.1, 0.15) is 5.69 Å². The van der Waals surface area contributed by atoms with Gasteiger partial charge in [0, 0.05) is 35.2 Å². The number of nitro groups is 1. The summed E-state index contributed by atoms with van der Waals surface area (Å²) in [5.41, 5.74) is 6.08. The van der Waals surface area contributed by atoms with E-state index in [0.717, 1.165) is 22.4 Å². The molecule has 0 saturated heterocycles. The lowest BCUT2D eigenvalue weighted by Gasteiger charge is -2.06. The Morgan fingerprint density at radius 2 is 1.65 bits per heavy atom. The second kappa shape index (κ2) is 7.95. The first-order valence-electron chi connectivity index (χ1n) is 9.74. The van der Waals surface area contributed by atoms with Crippen molar-refractivity contribution in [3.63, 3.8) is 0 Å². The molecule has 0 N–H and O–H groups in total. The summed E-state index contributed by atoms with van der Waals surface area (Å²) >= 11 is 0. The number of nitro benzene ring substituents is 1. The molecule has 0 saturated carbocycles. The van der Waals surface area contributed by atoms with Crippen molar-refractivity contribution in [1.82, 2.24) is 14.8 Å². The van der Waals surface area contributed by atoms with Gasteiger partial charge >= 0.3 is 0 Å². The van der Waals surface area contributed by atoms with Gasteiger partial charge in [0.2, 0.25) is 0 Å². The molecule has 0 bridgehead atoms. The van der Waals surface area contributed by atoms with Crippen molar-refractivity contribution in [3.8, 4) is 28.2 Å². The number of aromatic nitrogens is 3. The molecule has 154 valence electrons. The predicted molar refractivity (Wildman–Crippen MR) is 118 cm³/mol. The molecule has 0 aliphatic rings. The molecule has 0 fully saturated rings. The maximum Gasteiger partial charge on any atom is 0.269 e. The molecular weight excluding hydrogens is 392 g/mol. The molecule has 31 heavy (non-hydrogen) atoms. The molecule has 2 aromatic heterocycles. The molecule has 0 amide bonds. The predicted octanol–water partition coefficient (Wildman–Crippen LogP) is 5.33. The minimum Gasteiger partial charge on any atom is -0.294 e. The van der Waals surface area contributed by atoms with Gasteiger partial charge in [-0.1, -0.05) is 17.7 Å². The van der Waals surface area contributed by atoms with Gasteiger partial charge in [0.25, 0.3) is 5.69 Å². The van der Waals surface area contributed by atoms with Gasteiger partial charge in [-0.3, -0.25) is 19.9 Å². The lowest BCUT2D eigenvalue weighted by atomic mass is 10.0. The third-order valence-electron chi connectivity index (χ3n) is 5.11. The highest BCUT2D eigenvalue weighted by Crippen LogP contribution is 2.32. The normalized spacial score (nSPS) is 10.8. The summed E-state index contributed by atoms with van der Waals surface area (Å²) in [6, 6.07) is 17.8. The largest absolute Gasteiger partial charge is 0.294 e. The highest BCUT2D eigenvalue weighted by molar-refractivity contribution is 5.95. The number of hydrogen-bond acceptors (Lipinski definition) is 5. The van der Waals surface area contributed by atoms with Crippen molar-refractivity contribution in [2.45, 2.75) is 20.8 Å². The van der Waals surface area contributed by atoms with Gasteiger partial charge in [0.15, 0.2) is 5.78 Å². The fraction of sp³-hybridized carbons (Fsp3) is 0.125. The number of nitrogens with zero attached hydrogens (tertiary/aromatic N) is 4. The smallest absolute Gasteiger partial charge is 0.269 e. The summed E-state index contributed by atoms with van der Waals surface area (Å²) in [6.45, 7) is 5.32. The Kier molecular flexibility index (Phi) is 5.17. The third-order valence-corrected chi connectivity index (χ3v) is 5.11. The van der Waals surface area contributed by atoms with E-state index in [1.807, 2.05) is 37.4 Å². The van der Waals surface area contributed by atoms with Crippen LogP contribution in [0.3, 0.4) is 0 Å². The SMILES string of the molecule is CC(=O)c1ccc(-c2nn(-c3ccc(C)cc3)cc2-c2ccc([N+](=O)[O-])cc2)nc1C. The molecule has 0 unspecified atom stereocenters. The highest BCUT2D eigenvalue weighted by atomic mass is 16.6. The maximum absolute atomic E-state index is 11.8. The number of ketones is 1. The van der Waals surface area contributed by atoms with Crippen LogP contribution in [-0.2, 0) is 0 Å². The zero-order chi connectivity index (χ0) is 22.1. The van der Waals surface area contributed by atoms with Crippen molar-refractivity contribution in [1.29, 1.82) is 0 Å². The zero-order valence-electron chi connectivity index (χ0n) is 17.4. The Hall–Kier alpha value is -4.13. The summed E-state index contributed by atoms with van der Waals surface area (Å²) in [6.07, 6.45) is 1.89. The van der Waals surface area contributed by atoms with Gasteiger partial charge in [0.05, 0.1) is 16.3 Å². The fourth-order valence-electron chi connectivity index (χ4n) is 3.43. The fourth-order valence-corrected chi connectivity index (χ4v) is 3.43. The standard InChI is InChI=1S/C24H20N4O3/c1-15-4-8-19(9-5-15)27-14-22(18-6-10-20(11-7-18)28(30)31)24(26-27)23-13-12-21(17(3)29)16(2)25-23/h4-14H,1-3H3. The molecule has 0 spiro atoms. The van der Waals surface area contributed by atoms with Gasteiger partial charge in [-0.2, -0.15) is 5.10 Å². The molecule has 7 nitrogen and oxygen atoms in total. The van der Waals surface area contributed by atoms with Crippen molar-refractivity contribution in [2.24, 2.45) is 0 Å². The van der Waals surface area contributed by atoms with Crippen LogP contribution >= 0.6 is 0 Å². The number of non-ortho nitro benzene ring substituents is 1. The summed E-state index contributed by atoms with van der Waals surface area (Å²) in [4.78, 5) is 27.0. The van der Waals surface area contributed by atoms with E-state index >= 15 is 0 Å². The van der Waals surface area contributed by atoms with Crippen LogP contribution in [0.1, 0.15) is 28.5 Å². The Morgan fingerprint density at radius 3 is 2.23 bits per heavy atom. The van der Waals surface area contributed by atoms with Crippen LogP contribution in [0.2, 0.25) is 0 Å². The number of Topliss-reactive ketones (excluding diaryl/α,β-unsaturated/α-hetero) is 1. The summed E-state index contributed by atoms with van der Waals surface area (Å²) < 4.78 is 1.77. The molecule has 0 aliphatic carbocycles. The van der Waals surface area contributed by atoms with E-state index in [4.69, 9.17) is 5.10 Å². The molecule has 0 radical (unpaired) electrons. The number of carbonyl (C=O) groups is 1. The lowest BCUT2D eigenvalue weighted by molar-refractivity contribution is -0.384. The number of carbonyl (C=O) groups excluding carboxylic acids is 1. The quantitative estimate of drug-likeness (QED) is 0.251. The molecule has 4 rings (SSSR count). The number of aryl methyl sites for hydroxylation is 2. The zero-order valence-corrected chi connectivity index (χ0v) is 17.4. The van der Waals surface area contributed by atoms with Crippen molar-refractivity contribution in [2.75, 3.05) is 0 Å². The van der Waals surface area contributed by atoms with Crippen LogP contribution in [0.15, 0.2) is 66.9 Å². The van der Waals surface area contributed by atoms with Crippen molar-refractivity contribution in [3.05, 3.63) is 93.8 Å². The van der Waals surface area contributed by atoms with Gasteiger partial charge in [-0.05, 0) is 62.7 Å². The van der Waals surface area contributed by atoms with E-state index in [0.29, 0.717) is 22.6 Å². The Labute approximate surface area is 179 Å². The summed E-state index contributed by atoms with van der Waals surface area (Å²) in [5, 5.41) is 15.8.